The van der Waals surface area contributed by atoms with Crippen LogP contribution in [0, 0.1) is 0 Å². The molecule has 0 aliphatic rings. The van der Waals surface area contributed by atoms with Gasteiger partial charge in [-0.3, -0.25) is 4.79 Å². The van der Waals surface area contributed by atoms with E-state index in [0.29, 0.717) is 35.2 Å². The van der Waals surface area contributed by atoms with Crippen molar-refractivity contribution >= 4 is 23.4 Å². The predicted molar refractivity (Wildman–Crippen MR) is 116 cm³/mol. The fraction of sp³-hybridized carbons (Fsp3) is 0.286. The minimum Gasteiger partial charge on any atom is -0.496 e. The van der Waals surface area contributed by atoms with Gasteiger partial charge < -0.3 is 15.4 Å². The zero-order valence-electron chi connectivity index (χ0n) is 17.4. The van der Waals surface area contributed by atoms with Crippen LogP contribution in [-0.2, 0) is 0 Å². The van der Waals surface area contributed by atoms with Crippen molar-refractivity contribution in [3.8, 4) is 5.75 Å². The molecule has 0 spiro atoms. The van der Waals surface area contributed by atoms with E-state index in [1.165, 1.54) is 25.5 Å². The second-order valence-electron chi connectivity index (χ2n) is 6.37. The normalized spacial score (nSPS) is 12.8. The molecule has 0 fully saturated rings. The Labute approximate surface area is 175 Å². The van der Waals surface area contributed by atoms with Crippen LogP contribution in [0.3, 0.4) is 0 Å². The first-order chi connectivity index (χ1) is 14.4. The number of hydrogen-bond acceptors (Lipinski definition) is 7. The average molecular weight is 412 g/mol. The molecular formula is C21H25FN6O2. The van der Waals surface area contributed by atoms with Crippen LogP contribution in [0.1, 0.15) is 41.5 Å². The van der Waals surface area contributed by atoms with Crippen molar-refractivity contribution in [1.82, 2.24) is 20.3 Å². The lowest BCUT2D eigenvalue weighted by Gasteiger charge is -2.17. The van der Waals surface area contributed by atoms with E-state index < -0.39 is 5.97 Å². The Morgan fingerprint density at radius 3 is 2.80 bits per heavy atom. The fourth-order valence-corrected chi connectivity index (χ4v) is 2.64. The third-order valence-electron chi connectivity index (χ3n) is 4.25. The molecule has 0 saturated heterocycles. The molecule has 1 aromatic heterocycles. The molecule has 158 valence electrons. The summed E-state index contributed by atoms with van der Waals surface area (Å²) in [6.45, 7) is 7.45. The fourth-order valence-electron chi connectivity index (χ4n) is 2.64. The number of aromatic nitrogens is 3. The molecule has 1 aromatic carbocycles. The predicted octanol–water partition coefficient (Wildman–Crippen LogP) is 3.37. The highest BCUT2D eigenvalue weighted by Crippen LogP contribution is 2.28. The SMILES string of the molecule is C=C/C(=C\N=C(/C)F)c1ncnc(NCC(C)c2ccc(C(=O)NC)cc2OC)n1. The summed E-state index contributed by atoms with van der Waals surface area (Å²) >= 11 is 0. The van der Waals surface area contributed by atoms with E-state index in [1.54, 1.807) is 26.3 Å². The summed E-state index contributed by atoms with van der Waals surface area (Å²) in [5.74, 6) is 0.591. The van der Waals surface area contributed by atoms with Crippen molar-refractivity contribution in [1.29, 1.82) is 0 Å². The molecule has 1 unspecified atom stereocenters. The van der Waals surface area contributed by atoms with Gasteiger partial charge in [-0.25, -0.2) is 15.0 Å². The second kappa shape index (κ2) is 10.8. The molecule has 0 aliphatic heterocycles. The maximum atomic E-state index is 12.9. The van der Waals surface area contributed by atoms with Crippen LogP contribution in [-0.4, -0.2) is 47.5 Å². The Kier molecular flexibility index (Phi) is 8.16. The summed E-state index contributed by atoms with van der Waals surface area (Å²) in [6.07, 6.45) is 4.16. The van der Waals surface area contributed by atoms with Crippen LogP contribution in [0.25, 0.3) is 5.57 Å². The summed E-state index contributed by atoms with van der Waals surface area (Å²) in [4.78, 5) is 28.0. The molecule has 0 aliphatic carbocycles. The maximum Gasteiger partial charge on any atom is 0.251 e. The highest BCUT2D eigenvalue weighted by atomic mass is 19.1. The number of rotatable bonds is 9. The van der Waals surface area contributed by atoms with Crippen molar-refractivity contribution in [2.24, 2.45) is 4.99 Å². The quantitative estimate of drug-likeness (QED) is 0.484. The first-order valence-corrected chi connectivity index (χ1v) is 9.25. The van der Waals surface area contributed by atoms with Gasteiger partial charge in [-0.05, 0) is 17.7 Å². The summed E-state index contributed by atoms with van der Waals surface area (Å²) in [5.41, 5.74) is 1.93. The molecule has 1 amide bonds. The molecule has 1 heterocycles. The lowest BCUT2D eigenvalue weighted by molar-refractivity contribution is 0.0962. The number of hydrogen-bond donors (Lipinski definition) is 2. The Morgan fingerprint density at radius 1 is 1.40 bits per heavy atom. The van der Waals surface area contributed by atoms with Crippen molar-refractivity contribution < 1.29 is 13.9 Å². The Bertz CT molecular complexity index is 970. The largest absolute Gasteiger partial charge is 0.496 e. The van der Waals surface area contributed by atoms with E-state index in [2.05, 4.69) is 37.2 Å². The number of benzene rings is 1. The topological polar surface area (TPSA) is 101 Å². The average Bonchev–Trinajstić information content (AvgIpc) is 2.77. The highest BCUT2D eigenvalue weighted by molar-refractivity contribution is 5.94. The van der Waals surface area contributed by atoms with Gasteiger partial charge in [0.2, 0.25) is 5.95 Å². The second-order valence-corrected chi connectivity index (χ2v) is 6.37. The zero-order valence-corrected chi connectivity index (χ0v) is 17.4. The van der Waals surface area contributed by atoms with Crippen LogP contribution >= 0.6 is 0 Å². The van der Waals surface area contributed by atoms with Gasteiger partial charge in [0.1, 0.15) is 12.1 Å². The summed E-state index contributed by atoms with van der Waals surface area (Å²) in [5, 5.41) is 5.75. The van der Waals surface area contributed by atoms with Crippen LogP contribution in [0.5, 0.6) is 5.75 Å². The first kappa shape index (κ1) is 22.7. The Balaban J connectivity index is 2.16. The van der Waals surface area contributed by atoms with Crippen molar-refractivity contribution in [3.05, 3.63) is 60.3 Å². The van der Waals surface area contributed by atoms with Gasteiger partial charge in [-0.1, -0.05) is 25.6 Å². The third kappa shape index (κ3) is 5.94. The number of carbonyl (C=O) groups is 1. The minimum atomic E-state index is -0.577. The van der Waals surface area contributed by atoms with Crippen LogP contribution < -0.4 is 15.4 Å². The first-order valence-electron chi connectivity index (χ1n) is 9.25. The molecule has 2 rings (SSSR count). The van der Waals surface area contributed by atoms with Gasteiger partial charge in [0, 0.05) is 43.8 Å². The molecule has 1 atom stereocenters. The summed E-state index contributed by atoms with van der Waals surface area (Å²) in [6, 6.07) is 5.33. The highest BCUT2D eigenvalue weighted by Gasteiger charge is 2.15. The number of allylic oxidation sites excluding steroid dienone is 2. The van der Waals surface area contributed by atoms with E-state index in [0.717, 1.165) is 5.56 Å². The zero-order chi connectivity index (χ0) is 22.1. The van der Waals surface area contributed by atoms with E-state index >= 15 is 0 Å². The van der Waals surface area contributed by atoms with Gasteiger partial charge in [0.05, 0.1) is 7.11 Å². The molecule has 30 heavy (non-hydrogen) atoms. The number of carbonyl (C=O) groups excluding carboxylic acids is 1. The number of halogens is 1. The van der Waals surface area contributed by atoms with E-state index in [4.69, 9.17) is 4.74 Å². The standard InChI is InChI=1S/C21H25FN6O2/c1-6-15(11-24-14(3)22)19-26-12-27-21(28-19)25-10-13(2)17-8-7-16(20(29)23-4)9-18(17)30-5/h6-9,11-13H,1,10H2,2-5H3,(H,23,29)(H,25,26,27,28)/b15-11+,24-14+. The molecule has 0 radical (unpaired) electrons. The Hall–Kier alpha value is -3.62. The van der Waals surface area contributed by atoms with Crippen LogP contribution in [0.2, 0.25) is 0 Å². The van der Waals surface area contributed by atoms with Gasteiger partial charge >= 0.3 is 0 Å². The smallest absolute Gasteiger partial charge is 0.251 e. The number of anilines is 1. The lowest BCUT2D eigenvalue weighted by atomic mass is 9.98. The van der Waals surface area contributed by atoms with Gasteiger partial charge in [-0.15, -0.1) is 0 Å². The van der Waals surface area contributed by atoms with E-state index in [9.17, 15) is 9.18 Å². The van der Waals surface area contributed by atoms with Gasteiger partial charge in [-0.2, -0.15) is 9.37 Å². The molecular weight excluding hydrogens is 387 g/mol. The van der Waals surface area contributed by atoms with E-state index in [1.807, 2.05) is 13.0 Å². The third-order valence-corrected chi connectivity index (χ3v) is 4.25. The molecule has 9 heteroatoms. The van der Waals surface area contributed by atoms with Crippen LogP contribution in [0.4, 0.5) is 10.3 Å². The molecule has 2 aromatic rings. The number of aliphatic imine (C=N–C) groups is 1. The summed E-state index contributed by atoms with van der Waals surface area (Å²) < 4.78 is 18.3. The number of nitrogens with one attached hydrogen (secondary N) is 2. The maximum absolute atomic E-state index is 12.9. The van der Waals surface area contributed by atoms with Crippen LogP contribution in [0.15, 0.2) is 48.4 Å². The van der Waals surface area contributed by atoms with Crippen molar-refractivity contribution in [3.63, 3.8) is 0 Å². The monoisotopic (exact) mass is 412 g/mol. The molecule has 8 nitrogen and oxygen atoms in total. The molecule has 0 saturated carbocycles. The molecule has 0 bridgehead atoms. The molecule has 2 N–H and O–H groups in total. The van der Waals surface area contributed by atoms with Crippen molar-refractivity contribution in [2.45, 2.75) is 19.8 Å². The summed E-state index contributed by atoms with van der Waals surface area (Å²) in [7, 11) is 3.14. The number of methoxy groups -OCH3 is 1. The number of ether oxygens (including phenoxy) is 1. The van der Waals surface area contributed by atoms with Gasteiger partial charge in [0.15, 0.2) is 11.8 Å². The number of nitrogens with zero attached hydrogens (tertiary/aromatic N) is 4. The Morgan fingerprint density at radius 2 is 2.17 bits per heavy atom. The minimum absolute atomic E-state index is 0.0344. The number of amides is 1. The van der Waals surface area contributed by atoms with E-state index in [-0.39, 0.29) is 11.8 Å². The van der Waals surface area contributed by atoms with Crippen molar-refractivity contribution in [2.75, 3.05) is 26.0 Å². The van der Waals surface area contributed by atoms with Gasteiger partial charge in [0.25, 0.3) is 5.91 Å². The lowest BCUT2D eigenvalue weighted by Crippen LogP contribution is -2.18.